The second kappa shape index (κ2) is 9.22. The van der Waals surface area contributed by atoms with Crippen LogP contribution in [0.4, 0.5) is 0 Å². The van der Waals surface area contributed by atoms with Crippen LogP contribution in [-0.2, 0) is 11.3 Å². The summed E-state index contributed by atoms with van der Waals surface area (Å²) in [6, 6.07) is 13.1. The monoisotopic (exact) mass is 409 g/mol. The van der Waals surface area contributed by atoms with E-state index in [-0.39, 0.29) is 12.0 Å². The van der Waals surface area contributed by atoms with Gasteiger partial charge >= 0.3 is 0 Å². The topological polar surface area (TPSA) is 69.8 Å². The molecule has 2 heterocycles. The molecule has 4 rings (SSSR count). The smallest absolute Gasteiger partial charge is 0.192 e. The average Bonchev–Trinajstić information content (AvgIpc) is 2.80. The molecule has 6 nitrogen and oxygen atoms in total. The van der Waals surface area contributed by atoms with Gasteiger partial charge in [-0.3, -0.25) is 4.79 Å². The Bertz CT molecular complexity index is 1070. The van der Waals surface area contributed by atoms with Crippen molar-refractivity contribution in [3.63, 3.8) is 0 Å². The molecule has 0 radical (unpaired) electrons. The van der Waals surface area contributed by atoms with E-state index < -0.39 is 0 Å². The molecule has 0 spiro atoms. The Morgan fingerprint density at radius 1 is 1.03 bits per heavy atom. The van der Waals surface area contributed by atoms with E-state index in [1.54, 1.807) is 13.2 Å². The molecule has 1 N–H and O–H groups in total. The van der Waals surface area contributed by atoms with Gasteiger partial charge in [0.1, 0.15) is 23.9 Å². The van der Waals surface area contributed by atoms with Crippen LogP contribution in [0.25, 0.3) is 10.9 Å². The Hall–Kier alpha value is -2.99. The number of aromatic nitrogens is 1. The maximum absolute atomic E-state index is 12.8. The van der Waals surface area contributed by atoms with E-state index in [0.29, 0.717) is 35.0 Å². The van der Waals surface area contributed by atoms with Crippen LogP contribution in [0.15, 0.2) is 47.3 Å². The number of hydrogen-bond acceptors (Lipinski definition) is 5. The SMILES string of the molecule is COc1ccc2[nH]c(COc3cccc(OCC4CCOCC4)c3)c(C)c(=O)c2c1. The van der Waals surface area contributed by atoms with E-state index in [1.165, 1.54) is 0 Å². The molecule has 1 saturated heterocycles. The highest BCUT2D eigenvalue weighted by molar-refractivity contribution is 5.81. The maximum Gasteiger partial charge on any atom is 0.192 e. The number of benzene rings is 2. The Kier molecular flexibility index (Phi) is 6.23. The van der Waals surface area contributed by atoms with E-state index in [4.69, 9.17) is 18.9 Å². The number of ether oxygens (including phenoxy) is 4. The summed E-state index contributed by atoms with van der Waals surface area (Å²) in [7, 11) is 1.59. The van der Waals surface area contributed by atoms with Gasteiger partial charge in [-0.05, 0) is 56.0 Å². The zero-order chi connectivity index (χ0) is 20.9. The van der Waals surface area contributed by atoms with Crippen LogP contribution in [0, 0.1) is 12.8 Å². The van der Waals surface area contributed by atoms with Crippen LogP contribution in [0.2, 0.25) is 0 Å². The van der Waals surface area contributed by atoms with Gasteiger partial charge in [-0.1, -0.05) is 6.07 Å². The lowest BCUT2D eigenvalue weighted by atomic mass is 10.0. The summed E-state index contributed by atoms with van der Waals surface area (Å²) in [6.45, 7) is 4.39. The number of fused-ring (bicyclic) bond motifs is 1. The number of methoxy groups -OCH3 is 1. The van der Waals surface area contributed by atoms with Crippen molar-refractivity contribution in [2.24, 2.45) is 5.92 Å². The highest BCUT2D eigenvalue weighted by Crippen LogP contribution is 2.24. The van der Waals surface area contributed by atoms with Crippen LogP contribution in [0.1, 0.15) is 24.1 Å². The van der Waals surface area contributed by atoms with Gasteiger partial charge in [-0.2, -0.15) is 0 Å². The first-order valence-electron chi connectivity index (χ1n) is 10.3. The second-order valence-electron chi connectivity index (χ2n) is 7.60. The molecule has 1 aliphatic rings. The fourth-order valence-corrected chi connectivity index (χ4v) is 3.62. The fraction of sp³-hybridized carbons (Fsp3) is 0.375. The number of pyridine rings is 1. The summed E-state index contributed by atoms with van der Waals surface area (Å²) in [4.78, 5) is 16.1. The first-order chi connectivity index (χ1) is 14.6. The molecule has 158 valence electrons. The van der Waals surface area contributed by atoms with Crippen molar-refractivity contribution in [3.8, 4) is 17.2 Å². The minimum atomic E-state index is -0.0187. The normalized spacial score (nSPS) is 14.6. The summed E-state index contributed by atoms with van der Waals surface area (Å²) in [5, 5.41) is 0.610. The van der Waals surface area contributed by atoms with Crippen molar-refractivity contribution < 1.29 is 18.9 Å². The van der Waals surface area contributed by atoms with E-state index in [1.807, 2.05) is 43.3 Å². The van der Waals surface area contributed by atoms with Gasteiger partial charge < -0.3 is 23.9 Å². The van der Waals surface area contributed by atoms with Crippen LogP contribution in [-0.4, -0.2) is 31.9 Å². The molecule has 2 aromatic carbocycles. The second-order valence-corrected chi connectivity index (χ2v) is 7.60. The molecule has 3 aromatic rings. The Morgan fingerprint density at radius 2 is 1.80 bits per heavy atom. The van der Waals surface area contributed by atoms with Gasteiger partial charge in [0.2, 0.25) is 0 Å². The van der Waals surface area contributed by atoms with Gasteiger partial charge in [0, 0.05) is 35.7 Å². The van der Waals surface area contributed by atoms with E-state index in [0.717, 1.165) is 43.0 Å². The predicted octanol–water partition coefficient (Wildman–Crippen LogP) is 4.23. The van der Waals surface area contributed by atoms with Crippen molar-refractivity contribution in [2.75, 3.05) is 26.9 Å². The highest BCUT2D eigenvalue weighted by atomic mass is 16.5. The van der Waals surface area contributed by atoms with Crippen molar-refractivity contribution in [2.45, 2.75) is 26.4 Å². The van der Waals surface area contributed by atoms with E-state index in [2.05, 4.69) is 4.98 Å². The standard InChI is InChI=1S/C24H27NO5/c1-16-23(25-22-7-6-18(27-2)13-21(22)24(16)26)15-30-20-5-3-4-19(12-20)29-14-17-8-10-28-11-9-17/h3-7,12-13,17H,8-11,14-15H2,1-2H3,(H,25,26). The summed E-state index contributed by atoms with van der Waals surface area (Å²) in [6.07, 6.45) is 2.08. The number of H-pyrrole nitrogens is 1. The average molecular weight is 409 g/mol. The lowest BCUT2D eigenvalue weighted by Crippen LogP contribution is -2.21. The van der Waals surface area contributed by atoms with Crippen molar-refractivity contribution in [3.05, 3.63) is 63.9 Å². The molecule has 0 unspecified atom stereocenters. The molecule has 1 fully saturated rings. The predicted molar refractivity (Wildman–Crippen MR) is 116 cm³/mol. The zero-order valence-corrected chi connectivity index (χ0v) is 17.4. The number of rotatable bonds is 7. The number of hydrogen-bond donors (Lipinski definition) is 1. The van der Waals surface area contributed by atoms with Crippen molar-refractivity contribution in [1.29, 1.82) is 0 Å². The summed E-state index contributed by atoms with van der Waals surface area (Å²) >= 11 is 0. The molecule has 1 aromatic heterocycles. The Balaban J connectivity index is 1.44. The molecule has 0 amide bonds. The van der Waals surface area contributed by atoms with Crippen molar-refractivity contribution in [1.82, 2.24) is 4.98 Å². The first-order valence-corrected chi connectivity index (χ1v) is 10.3. The highest BCUT2D eigenvalue weighted by Gasteiger charge is 2.15. The third-order valence-electron chi connectivity index (χ3n) is 5.57. The molecule has 1 aliphatic heterocycles. The molecule has 0 saturated carbocycles. The van der Waals surface area contributed by atoms with E-state index >= 15 is 0 Å². The summed E-state index contributed by atoms with van der Waals surface area (Å²) in [5.74, 6) is 2.69. The molecule has 0 bridgehead atoms. The Labute approximate surface area is 175 Å². The van der Waals surface area contributed by atoms with Crippen LogP contribution in [0.3, 0.4) is 0 Å². The lowest BCUT2D eigenvalue weighted by Gasteiger charge is -2.22. The molecule has 30 heavy (non-hydrogen) atoms. The molecule has 0 atom stereocenters. The van der Waals surface area contributed by atoms with Gasteiger partial charge in [0.05, 0.1) is 19.4 Å². The van der Waals surface area contributed by atoms with Gasteiger partial charge in [-0.25, -0.2) is 0 Å². The minimum absolute atomic E-state index is 0.0187. The number of aromatic amines is 1. The molecular formula is C24H27NO5. The lowest BCUT2D eigenvalue weighted by molar-refractivity contribution is 0.0497. The third kappa shape index (κ3) is 4.60. The zero-order valence-electron chi connectivity index (χ0n) is 17.4. The maximum atomic E-state index is 12.8. The first kappa shape index (κ1) is 20.3. The van der Waals surface area contributed by atoms with Gasteiger partial charge in [-0.15, -0.1) is 0 Å². The van der Waals surface area contributed by atoms with Crippen LogP contribution < -0.4 is 19.6 Å². The van der Waals surface area contributed by atoms with Crippen LogP contribution >= 0.6 is 0 Å². The molecular weight excluding hydrogens is 382 g/mol. The fourth-order valence-electron chi connectivity index (χ4n) is 3.62. The molecule has 6 heteroatoms. The van der Waals surface area contributed by atoms with Gasteiger partial charge in [0.25, 0.3) is 0 Å². The number of nitrogens with one attached hydrogen (secondary N) is 1. The summed E-state index contributed by atoms with van der Waals surface area (Å²) < 4.78 is 22.5. The Morgan fingerprint density at radius 3 is 2.57 bits per heavy atom. The largest absolute Gasteiger partial charge is 0.497 e. The van der Waals surface area contributed by atoms with E-state index in [9.17, 15) is 4.79 Å². The van der Waals surface area contributed by atoms with Crippen LogP contribution in [0.5, 0.6) is 17.2 Å². The van der Waals surface area contributed by atoms with Gasteiger partial charge in [0.15, 0.2) is 5.43 Å². The van der Waals surface area contributed by atoms with Crippen molar-refractivity contribution >= 4 is 10.9 Å². The molecule has 0 aliphatic carbocycles. The summed E-state index contributed by atoms with van der Waals surface area (Å²) in [5.41, 5.74) is 2.14. The third-order valence-corrected chi connectivity index (χ3v) is 5.57. The minimum Gasteiger partial charge on any atom is -0.497 e. The quantitative estimate of drug-likeness (QED) is 0.632.